The van der Waals surface area contributed by atoms with E-state index in [-0.39, 0.29) is 17.7 Å². The average Bonchev–Trinajstić information content (AvgIpc) is 2.73. The Morgan fingerprint density at radius 1 is 1.10 bits per heavy atom. The van der Waals surface area contributed by atoms with Crippen LogP contribution in [0.3, 0.4) is 0 Å². The molecule has 0 aromatic carbocycles. The highest BCUT2D eigenvalue weighted by Gasteiger charge is 2.32. The molecule has 1 saturated heterocycles. The molecule has 1 atom stereocenters. The molecule has 0 bridgehead atoms. The van der Waals surface area contributed by atoms with Crippen LogP contribution in [0.1, 0.15) is 52.9 Å². The monoisotopic (exact) mass is 400 g/mol. The number of anilines is 1. The van der Waals surface area contributed by atoms with Crippen LogP contribution in [0.2, 0.25) is 0 Å². The van der Waals surface area contributed by atoms with E-state index in [1.807, 2.05) is 23.1 Å². The molecule has 2 fully saturated rings. The number of nitrogens with one attached hydrogen (secondary N) is 1. The zero-order valence-electron chi connectivity index (χ0n) is 18.1. The molecule has 160 valence electrons. The Kier molecular flexibility index (Phi) is 7.51. The molecule has 6 nitrogen and oxygen atoms in total. The summed E-state index contributed by atoms with van der Waals surface area (Å²) in [5, 5.41) is 3.12. The van der Waals surface area contributed by atoms with Gasteiger partial charge in [-0.25, -0.2) is 4.98 Å². The van der Waals surface area contributed by atoms with Crippen LogP contribution in [-0.2, 0) is 9.59 Å². The van der Waals surface area contributed by atoms with Gasteiger partial charge in [-0.05, 0) is 56.1 Å². The third kappa shape index (κ3) is 5.94. The van der Waals surface area contributed by atoms with Crippen molar-refractivity contribution in [3.05, 3.63) is 24.4 Å². The van der Waals surface area contributed by atoms with Crippen LogP contribution in [0, 0.1) is 17.8 Å². The van der Waals surface area contributed by atoms with Gasteiger partial charge in [0.25, 0.3) is 0 Å². The van der Waals surface area contributed by atoms with Gasteiger partial charge >= 0.3 is 0 Å². The van der Waals surface area contributed by atoms with E-state index in [4.69, 9.17) is 0 Å². The molecule has 0 unspecified atom stereocenters. The van der Waals surface area contributed by atoms with E-state index in [1.165, 1.54) is 0 Å². The summed E-state index contributed by atoms with van der Waals surface area (Å²) in [5.41, 5.74) is 0. The molecule has 1 saturated carbocycles. The minimum Gasteiger partial charge on any atom is -0.353 e. The first-order chi connectivity index (χ1) is 13.9. The maximum atomic E-state index is 13.2. The van der Waals surface area contributed by atoms with Crippen LogP contribution in [0.15, 0.2) is 24.4 Å². The predicted octanol–water partition coefficient (Wildman–Crippen LogP) is 3.09. The standard InChI is InChI=1S/C23H36N4O2/c1-17(2)16-20(25-22(28)19-9-7-18(3)8-10-19)23(29)27-14-12-26(13-15-27)21-6-4-5-11-24-21/h4-6,11,17-20H,7-10,12-16H2,1-3H3,(H,25,28)/t18?,19?,20-/m1/s1. The molecule has 0 spiro atoms. The maximum absolute atomic E-state index is 13.2. The van der Waals surface area contributed by atoms with Crippen molar-refractivity contribution in [3.63, 3.8) is 0 Å². The van der Waals surface area contributed by atoms with E-state index in [0.717, 1.165) is 44.6 Å². The second-order valence-electron chi connectivity index (χ2n) is 9.15. The van der Waals surface area contributed by atoms with Crippen molar-refractivity contribution in [1.29, 1.82) is 0 Å². The molecular weight excluding hydrogens is 364 g/mol. The summed E-state index contributed by atoms with van der Waals surface area (Å²) in [6.45, 7) is 9.34. The second-order valence-corrected chi connectivity index (χ2v) is 9.15. The van der Waals surface area contributed by atoms with Gasteiger partial charge in [-0.2, -0.15) is 0 Å². The van der Waals surface area contributed by atoms with Gasteiger partial charge in [-0.15, -0.1) is 0 Å². The molecular formula is C23H36N4O2. The number of pyridine rings is 1. The van der Waals surface area contributed by atoms with Crippen molar-refractivity contribution in [2.45, 2.75) is 58.9 Å². The summed E-state index contributed by atoms with van der Waals surface area (Å²) >= 11 is 0. The van der Waals surface area contributed by atoms with Crippen molar-refractivity contribution < 1.29 is 9.59 Å². The van der Waals surface area contributed by atoms with Crippen LogP contribution >= 0.6 is 0 Å². The topological polar surface area (TPSA) is 65.5 Å². The number of hydrogen-bond acceptors (Lipinski definition) is 4. The molecule has 1 aliphatic carbocycles. The molecule has 2 aliphatic rings. The zero-order chi connectivity index (χ0) is 20.8. The van der Waals surface area contributed by atoms with Crippen molar-refractivity contribution in [2.75, 3.05) is 31.1 Å². The number of amides is 2. The molecule has 3 rings (SSSR count). The van der Waals surface area contributed by atoms with Gasteiger partial charge in [-0.3, -0.25) is 9.59 Å². The molecule has 1 aromatic rings. The maximum Gasteiger partial charge on any atom is 0.245 e. The lowest BCUT2D eigenvalue weighted by Gasteiger charge is -2.37. The lowest BCUT2D eigenvalue weighted by atomic mass is 9.82. The Morgan fingerprint density at radius 2 is 1.79 bits per heavy atom. The molecule has 1 N–H and O–H groups in total. The average molecular weight is 401 g/mol. The van der Waals surface area contributed by atoms with Gasteiger partial charge in [0.15, 0.2) is 0 Å². The highest BCUT2D eigenvalue weighted by molar-refractivity contribution is 5.88. The summed E-state index contributed by atoms with van der Waals surface area (Å²) in [6, 6.07) is 5.49. The third-order valence-electron chi connectivity index (χ3n) is 6.27. The van der Waals surface area contributed by atoms with E-state index >= 15 is 0 Å². The molecule has 0 radical (unpaired) electrons. The van der Waals surface area contributed by atoms with Crippen molar-refractivity contribution in [3.8, 4) is 0 Å². The van der Waals surface area contributed by atoms with Gasteiger partial charge in [0, 0.05) is 38.3 Å². The van der Waals surface area contributed by atoms with Gasteiger partial charge in [0.2, 0.25) is 11.8 Å². The van der Waals surface area contributed by atoms with Gasteiger partial charge in [-0.1, -0.05) is 26.8 Å². The first-order valence-corrected chi connectivity index (χ1v) is 11.2. The van der Waals surface area contributed by atoms with Crippen LogP contribution in [0.25, 0.3) is 0 Å². The van der Waals surface area contributed by atoms with Crippen molar-refractivity contribution in [1.82, 2.24) is 15.2 Å². The Hall–Kier alpha value is -2.11. The number of aromatic nitrogens is 1. The first-order valence-electron chi connectivity index (χ1n) is 11.2. The number of rotatable bonds is 6. The number of carbonyl (C=O) groups excluding carboxylic acids is 2. The Balaban J connectivity index is 1.57. The van der Waals surface area contributed by atoms with E-state index in [0.29, 0.717) is 31.3 Å². The lowest BCUT2D eigenvalue weighted by Crippen LogP contribution is -2.56. The third-order valence-corrected chi connectivity index (χ3v) is 6.27. The fourth-order valence-electron chi connectivity index (χ4n) is 4.42. The van der Waals surface area contributed by atoms with E-state index in [2.05, 4.69) is 36.0 Å². The van der Waals surface area contributed by atoms with Crippen LogP contribution < -0.4 is 10.2 Å². The lowest BCUT2D eigenvalue weighted by molar-refractivity contribution is -0.138. The smallest absolute Gasteiger partial charge is 0.245 e. The summed E-state index contributed by atoms with van der Waals surface area (Å²) in [4.78, 5) is 34.6. The largest absolute Gasteiger partial charge is 0.353 e. The quantitative estimate of drug-likeness (QED) is 0.797. The molecule has 1 aliphatic heterocycles. The summed E-state index contributed by atoms with van der Waals surface area (Å²) < 4.78 is 0. The fraction of sp³-hybridized carbons (Fsp3) is 0.696. The number of carbonyl (C=O) groups is 2. The van der Waals surface area contributed by atoms with E-state index in [1.54, 1.807) is 6.20 Å². The number of piperazine rings is 1. The molecule has 6 heteroatoms. The number of nitrogens with zero attached hydrogens (tertiary/aromatic N) is 3. The highest BCUT2D eigenvalue weighted by atomic mass is 16.2. The summed E-state index contributed by atoms with van der Waals surface area (Å²) in [5.74, 6) is 2.22. The van der Waals surface area contributed by atoms with Crippen LogP contribution in [-0.4, -0.2) is 53.9 Å². The minimum absolute atomic E-state index is 0.0645. The van der Waals surface area contributed by atoms with Crippen LogP contribution in [0.4, 0.5) is 5.82 Å². The van der Waals surface area contributed by atoms with Gasteiger partial charge in [0.1, 0.15) is 11.9 Å². The Labute approximate surface area is 175 Å². The second kappa shape index (κ2) is 10.1. The highest BCUT2D eigenvalue weighted by Crippen LogP contribution is 2.28. The SMILES string of the molecule is CC(C)C[C@@H](NC(=O)C1CCC(C)CC1)C(=O)N1CCN(c2ccccn2)CC1. The zero-order valence-corrected chi connectivity index (χ0v) is 18.1. The van der Waals surface area contributed by atoms with Crippen LogP contribution in [0.5, 0.6) is 0 Å². The van der Waals surface area contributed by atoms with Gasteiger partial charge < -0.3 is 15.1 Å². The number of hydrogen-bond donors (Lipinski definition) is 1. The van der Waals surface area contributed by atoms with Crippen molar-refractivity contribution in [2.24, 2.45) is 17.8 Å². The molecule has 2 amide bonds. The first kappa shape index (κ1) is 21.6. The summed E-state index contributed by atoms with van der Waals surface area (Å²) in [6.07, 6.45) is 6.59. The molecule has 2 heterocycles. The fourth-order valence-corrected chi connectivity index (χ4v) is 4.42. The minimum atomic E-state index is -0.414. The van der Waals surface area contributed by atoms with Crippen molar-refractivity contribution >= 4 is 17.6 Å². The molecule has 29 heavy (non-hydrogen) atoms. The normalized spacial score (nSPS) is 23.7. The predicted molar refractivity (Wildman–Crippen MR) is 116 cm³/mol. The molecule has 1 aromatic heterocycles. The Bertz CT molecular complexity index is 663. The van der Waals surface area contributed by atoms with E-state index in [9.17, 15) is 9.59 Å². The summed E-state index contributed by atoms with van der Waals surface area (Å²) in [7, 11) is 0. The van der Waals surface area contributed by atoms with Gasteiger partial charge in [0.05, 0.1) is 0 Å². The van der Waals surface area contributed by atoms with E-state index < -0.39 is 6.04 Å². The Morgan fingerprint density at radius 3 is 2.38 bits per heavy atom.